The summed E-state index contributed by atoms with van der Waals surface area (Å²) >= 11 is 0. The Balaban J connectivity index is 2.06. The fourth-order valence-electron chi connectivity index (χ4n) is 3.06. The van der Waals surface area contributed by atoms with Crippen molar-refractivity contribution in [2.45, 2.75) is 57.5 Å². The number of hydrogen-bond acceptors (Lipinski definition) is 3. The molecule has 0 aromatic heterocycles. The Morgan fingerprint density at radius 1 is 1.12 bits per heavy atom. The molecule has 2 rings (SSSR count). The molecule has 2 unspecified atom stereocenters. The second-order valence-corrected chi connectivity index (χ2v) is 5.66. The molecule has 2 aliphatic carbocycles. The van der Waals surface area contributed by atoms with Gasteiger partial charge in [-0.3, -0.25) is 9.59 Å². The second-order valence-electron chi connectivity index (χ2n) is 5.66. The van der Waals surface area contributed by atoms with Gasteiger partial charge in [-0.25, -0.2) is 0 Å². The molecule has 2 atom stereocenters. The SMILES string of the molecule is CC1(C)C([C]=O)C1([C]=O)NC1CCCCC1. The van der Waals surface area contributed by atoms with Crippen molar-refractivity contribution >= 4 is 12.6 Å². The Kier molecular flexibility index (Phi) is 2.91. The molecule has 0 bridgehead atoms. The van der Waals surface area contributed by atoms with Gasteiger partial charge < -0.3 is 5.32 Å². The zero-order chi connectivity index (χ0) is 11.8. The third kappa shape index (κ3) is 1.53. The highest BCUT2D eigenvalue weighted by molar-refractivity contribution is 5.84. The number of hydrogen-bond donors (Lipinski definition) is 1. The Morgan fingerprint density at radius 2 is 1.75 bits per heavy atom. The van der Waals surface area contributed by atoms with E-state index in [2.05, 4.69) is 11.6 Å². The summed E-state index contributed by atoms with van der Waals surface area (Å²) in [5.74, 6) is -0.334. The van der Waals surface area contributed by atoms with E-state index in [9.17, 15) is 9.59 Å². The van der Waals surface area contributed by atoms with Crippen molar-refractivity contribution in [1.29, 1.82) is 0 Å². The lowest BCUT2D eigenvalue weighted by atomic mass is 9.93. The summed E-state index contributed by atoms with van der Waals surface area (Å²) in [5, 5.41) is 3.36. The first kappa shape index (κ1) is 11.8. The number of rotatable bonds is 4. The zero-order valence-electron chi connectivity index (χ0n) is 10.0. The summed E-state index contributed by atoms with van der Waals surface area (Å²) < 4.78 is 0. The quantitative estimate of drug-likeness (QED) is 0.783. The highest BCUT2D eigenvalue weighted by Crippen LogP contribution is 2.59. The number of carbonyl (C=O) groups excluding carboxylic acids is 2. The van der Waals surface area contributed by atoms with Gasteiger partial charge in [-0.15, -0.1) is 0 Å². The number of nitrogens with one attached hydrogen (secondary N) is 1. The van der Waals surface area contributed by atoms with Gasteiger partial charge in [0, 0.05) is 11.5 Å². The average molecular weight is 221 g/mol. The predicted molar refractivity (Wildman–Crippen MR) is 61.4 cm³/mol. The second kappa shape index (κ2) is 3.95. The van der Waals surface area contributed by atoms with Gasteiger partial charge in [-0.05, 0) is 12.8 Å². The predicted octanol–water partition coefficient (Wildman–Crippen LogP) is 1.52. The molecule has 1 N–H and O–H groups in total. The molecule has 0 aromatic rings. The van der Waals surface area contributed by atoms with E-state index in [0.29, 0.717) is 6.04 Å². The molecule has 3 heteroatoms. The molecule has 2 aliphatic rings. The smallest absolute Gasteiger partial charge is 0.221 e. The van der Waals surface area contributed by atoms with Crippen molar-refractivity contribution in [3.05, 3.63) is 0 Å². The highest BCUT2D eigenvalue weighted by Gasteiger charge is 2.73. The summed E-state index contributed by atoms with van der Waals surface area (Å²) in [5.41, 5.74) is -1.09. The van der Waals surface area contributed by atoms with Crippen LogP contribution in [0.15, 0.2) is 0 Å². The van der Waals surface area contributed by atoms with Crippen LogP contribution in [0.5, 0.6) is 0 Å². The van der Waals surface area contributed by atoms with Crippen LogP contribution in [-0.4, -0.2) is 24.2 Å². The van der Waals surface area contributed by atoms with E-state index >= 15 is 0 Å². The standard InChI is InChI=1S/C13H19NO2/c1-12(2)11(8-15)13(12,9-16)14-10-6-4-3-5-7-10/h10-11,14H,3-7H2,1-2H3. The summed E-state index contributed by atoms with van der Waals surface area (Å²) in [6.45, 7) is 3.87. The zero-order valence-corrected chi connectivity index (χ0v) is 10.0. The van der Waals surface area contributed by atoms with E-state index in [4.69, 9.17) is 0 Å². The lowest BCUT2D eigenvalue weighted by Gasteiger charge is -2.27. The molecule has 0 aromatic carbocycles. The summed E-state index contributed by atoms with van der Waals surface area (Å²) in [6.07, 6.45) is 9.96. The van der Waals surface area contributed by atoms with E-state index in [-0.39, 0.29) is 11.3 Å². The average Bonchev–Trinajstić information content (AvgIpc) is 2.75. The minimum Gasteiger partial charge on any atom is -0.301 e. The Bertz CT molecular complexity index is 294. The van der Waals surface area contributed by atoms with Gasteiger partial charge >= 0.3 is 0 Å². The molecule has 3 nitrogen and oxygen atoms in total. The van der Waals surface area contributed by atoms with Crippen LogP contribution < -0.4 is 5.32 Å². The maximum absolute atomic E-state index is 11.2. The molecule has 0 heterocycles. The molecule has 0 amide bonds. The molecule has 2 radical (unpaired) electrons. The lowest BCUT2D eigenvalue weighted by molar-refractivity contribution is 0.326. The maximum Gasteiger partial charge on any atom is 0.221 e. The van der Waals surface area contributed by atoms with Crippen LogP contribution in [0.1, 0.15) is 46.0 Å². The van der Waals surface area contributed by atoms with Crippen LogP contribution in [0.25, 0.3) is 0 Å². The Labute approximate surface area is 97.0 Å². The summed E-state index contributed by atoms with van der Waals surface area (Å²) in [7, 11) is 0. The molecule has 88 valence electrons. The van der Waals surface area contributed by atoms with Crippen LogP contribution in [0.2, 0.25) is 0 Å². The maximum atomic E-state index is 11.2. The van der Waals surface area contributed by atoms with Crippen LogP contribution in [0.4, 0.5) is 0 Å². The first-order valence-electron chi connectivity index (χ1n) is 6.13. The third-order valence-corrected chi connectivity index (χ3v) is 4.40. The Morgan fingerprint density at radius 3 is 2.19 bits per heavy atom. The van der Waals surface area contributed by atoms with Crippen molar-refractivity contribution in [3.8, 4) is 0 Å². The largest absolute Gasteiger partial charge is 0.301 e. The van der Waals surface area contributed by atoms with E-state index in [1.54, 1.807) is 0 Å². The monoisotopic (exact) mass is 221 g/mol. The topological polar surface area (TPSA) is 46.2 Å². The van der Waals surface area contributed by atoms with Gasteiger partial charge in [-0.1, -0.05) is 33.1 Å². The molecule has 2 saturated carbocycles. The van der Waals surface area contributed by atoms with E-state index in [0.717, 1.165) is 12.8 Å². The summed E-state index contributed by atoms with van der Waals surface area (Å²) in [4.78, 5) is 22.0. The van der Waals surface area contributed by atoms with E-state index in [1.165, 1.54) is 19.3 Å². The van der Waals surface area contributed by atoms with Crippen molar-refractivity contribution in [2.75, 3.05) is 0 Å². The lowest BCUT2D eigenvalue weighted by Crippen LogP contribution is -2.46. The molecule has 0 spiro atoms. The van der Waals surface area contributed by atoms with Crippen molar-refractivity contribution in [3.63, 3.8) is 0 Å². The molecule has 2 fully saturated rings. The fourth-order valence-corrected chi connectivity index (χ4v) is 3.06. The van der Waals surface area contributed by atoms with Crippen LogP contribution in [0.3, 0.4) is 0 Å². The third-order valence-electron chi connectivity index (χ3n) is 4.40. The normalized spacial score (nSPS) is 38.0. The van der Waals surface area contributed by atoms with Crippen LogP contribution in [0, 0.1) is 11.3 Å². The van der Waals surface area contributed by atoms with Crippen LogP contribution in [-0.2, 0) is 9.59 Å². The Hall–Kier alpha value is -0.700. The molecular formula is C13H19NO2. The van der Waals surface area contributed by atoms with Gasteiger partial charge in [-0.2, -0.15) is 0 Å². The van der Waals surface area contributed by atoms with Crippen LogP contribution >= 0.6 is 0 Å². The van der Waals surface area contributed by atoms with E-state index < -0.39 is 5.54 Å². The van der Waals surface area contributed by atoms with Gasteiger partial charge in [0.25, 0.3) is 0 Å². The van der Waals surface area contributed by atoms with Crippen molar-refractivity contribution < 1.29 is 9.59 Å². The molecular weight excluding hydrogens is 202 g/mol. The van der Waals surface area contributed by atoms with Gasteiger partial charge in [0.1, 0.15) is 5.54 Å². The van der Waals surface area contributed by atoms with E-state index in [1.807, 2.05) is 20.1 Å². The first-order valence-corrected chi connectivity index (χ1v) is 6.13. The molecule has 0 aliphatic heterocycles. The van der Waals surface area contributed by atoms with Gasteiger partial charge in [0.2, 0.25) is 12.6 Å². The summed E-state index contributed by atoms with van der Waals surface area (Å²) in [6, 6.07) is 0.368. The highest BCUT2D eigenvalue weighted by atomic mass is 16.1. The molecule has 16 heavy (non-hydrogen) atoms. The van der Waals surface area contributed by atoms with Crippen molar-refractivity contribution in [2.24, 2.45) is 11.3 Å². The van der Waals surface area contributed by atoms with Gasteiger partial charge in [0.15, 0.2) is 0 Å². The minimum atomic E-state index is -0.767. The van der Waals surface area contributed by atoms with Gasteiger partial charge in [0.05, 0.1) is 5.92 Å². The first-order chi connectivity index (χ1) is 7.58. The minimum absolute atomic E-state index is 0.325. The van der Waals surface area contributed by atoms with Crippen molar-refractivity contribution in [1.82, 2.24) is 5.32 Å². The molecule has 0 saturated heterocycles. The fraction of sp³-hybridized carbons (Fsp3) is 0.846.